The third-order valence-electron chi connectivity index (χ3n) is 20.9. The van der Waals surface area contributed by atoms with E-state index in [-0.39, 0.29) is 216 Å². The number of amides is 10. The van der Waals surface area contributed by atoms with Crippen molar-refractivity contribution in [3.63, 3.8) is 0 Å². The Morgan fingerprint density at radius 3 is 0.526 bits per heavy atom. The Kier molecular flexibility index (Phi) is 54.4. The van der Waals surface area contributed by atoms with Crippen molar-refractivity contribution >= 4 is 59.1 Å². The minimum atomic E-state index is -1.04. The summed E-state index contributed by atoms with van der Waals surface area (Å²) in [5.74, 6) is -8.40. The second-order valence-electron chi connectivity index (χ2n) is 34.9. The van der Waals surface area contributed by atoms with Crippen molar-refractivity contribution in [3.05, 3.63) is 116 Å². The first kappa shape index (κ1) is 114. The topological polar surface area (TPSA) is 546 Å². The molecule has 0 aliphatic rings. The second-order valence-corrected chi connectivity index (χ2v) is 34.9. The molecule has 38 nitrogen and oxygen atoms in total. The number of rotatable bonds is 67. The summed E-state index contributed by atoms with van der Waals surface area (Å²) in [6, 6.07) is 13.2. The maximum Gasteiger partial charge on any atom is 0.273 e. The number of nitrogens with two attached hydrogens (primary N) is 6. The van der Waals surface area contributed by atoms with Crippen LogP contribution in [0.15, 0.2) is 60.7 Å². The van der Waals surface area contributed by atoms with E-state index < -0.39 is 59.1 Å². The number of benzene rings is 5. The molecule has 5 aromatic carbocycles. The molecule has 10 amide bonds. The van der Waals surface area contributed by atoms with Crippen LogP contribution in [-0.4, -0.2) is 229 Å². The van der Waals surface area contributed by atoms with E-state index in [2.05, 4.69) is 54.0 Å². The average Bonchev–Trinajstić information content (AvgIpc) is 0.807. The van der Waals surface area contributed by atoms with Gasteiger partial charge in [-0.25, -0.2) is 0 Å². The number of ether oxygens (including phenoxy) is 10. The summed E-state index contributed by atoms with van der Waals surface area (Å²) in [4.78, 5) is 151. The molecule has 0 atom stereocenters. The second kappa shape index (κ2) is 64.4. The summed E-state index contributed by atoms with van der Waals surface area (Å²) in [5, 5.41) is 5.78. The first-order valence-electron chi connectivity index (χ1n) is 47.6. The number of carbonyl (C=O) groups excluding carboxylic acids is 10. The molecular weight excluding hydrogens is 1740 g/mol. The molecule has 0 saturated carbocycles. The number of nitrogens with zero attached hydrogens (tertiary/aromatic N) is 2. The fraction of sp³-hybridized carbons (Fsp3) is 0.588. The van der Waals surface area contributed by atoms with Gasteiger partial charge >= 0.3 is 0 Å². The van der Waals surface area contributed by atoms with Crippen LogP contribution in [0, 0.1) is 23.7 Å². The predicted octanol–water partition coefficient (Wildman–Crippen LogP) is 8.92. The van der Waals surface area contributed by atoms with E-state index in [4.69, 9.17) is 81.8 Å². The van der Waals surface area contributed by atoms with Crippen LogP contribution in [0.5, 0.6) is 57.5 Å². The molecule has 0 aliphatic carbocycles. The molecule has 135 heavy (non-hydrogen) atoms. The highest BCUT2D eigenvalue weighted by molar-refractivity contribution is 6.10. The number of carbonyl (C=O) groups is 10. The minimum Gasteiger partial charge on any atom is -0.493 e. The van der Waals surface area contributed by atoms with Crippen LogP contribution in [0.25, 0.3) is 0 Å². The van der Waals surface area contributed by atoms with Crippen LogP contribution in [0.2, 0.25) is 0 Å². The van der Waals surface area contributed by atoms with E-state index >= 15 is 19.2 Å². The lowest BCUT2D eigenvalue weighted by Crippen LogP contribution is -2.43. The normalized spacial score (nSPS) is 11.2. The Labute approximate surface area is 796 Å². The van der Waals surface area contributed by atoms with Gasteiger partial charge in [-0.2, -0.15) is 0 Å². The van der Waals surface area contributed by atoms with Gasteiger partial charge in [0, 0.05) is 56.5 Å². The minimum absolute atomic E-state index is 0.0211. The van der Waals surface area contributed by atoms with Crippen LogP contribution in [0.3, 0.4) is 0 Å². The molecule has 0 spiro atoms. The van der Waals surface area contributed by atoms with Gasteiger partial charge in [0.05, 0.1) is 122 Å². The predicted molar refractivity (Wildman–Crippen MR) is 519 cm³/mol. The van der Waals surface area contributed by atoms with Crippen molar-refractivity contribution in [3.8, 4) is 57.5 Å². The van der Waals surface area contributed by atoms with Crippen LogP contribution in [0.1, 0.15) is 294 Å². The lowest BCUT2D eigenvalue weighted by Gasteiger charge is -2.20. The zero-order valence-electron chi connectivity index (χ0n) is 81.6. The highest BCUT2D eigenvalue weighted by atomic mass is 16.5. The van der Waals surface area contributed by atoms with Gasteiger partial charge in [-0.3, -0.25) is 91.4 Å². The smallest absolute Gasteiger partial charge is 0.273 e. The van der Waals surface area contributed by atoms with E-state index in [0.717, 1.165) is 44.6 Å². The zero-order chi connectivity index (χ0) is 99.0. The standard InChI is InChI=1S/C97H154N18O20/c1-64(2)30-50-132-84-62-86(134-52-32-66(5)6)76(57-74(84)94(122)110-106-90(118)70-54-68(88(116)104-40-42-114(9)10)78(126-44-24-13-18-34-98)59-80(70)128-46-26-15-20-36-100)96(124)112-108-92(120)72-56-73(83(130-48-28-17-22-38-102)61-82(72)129-47-27-16-21-37-101)93(121)109-113-97(125)77-58-75(85(133-51-31-65(3)4)63-87(77)135-53-33-67(7)8)95(123)111-107-91(119)71-55-69(89(117)105-41-43-115(11)12)79(127-45-25-14-19-35-99)60-81(71)131-49-29-23-39-103/h54-67H,13-53,98-103H2,1-12H3,(H,104,116)(H,105,117)(H,106,118)(H,107,119)(H,108,120)(H,109,121)(H,110,122)(H,111,123)(H,112,124)(H,113,125). The Bertz CT molecular complexity index is 4460. The Morgan fingerprint density at radius 2 is 0.370 bits per heavy atom. The quantitative estimate of drug-likeness (QED) is 0.0127. The highest BCUT2D eigenvalue weighted by Crippen LogP contribution is 2.37. The van der Waals surface area contributed by atoms with Crippen molar-refractivity contribution in [2.75, 3.05) is 160 Å². The maximum atomic E-state index is 15.1. The summed E-state index contributed by atoms with van der Waals surface area (Å²) in [5.41, 5.74) is 52.6. The van der Waals surface area contributed by atoms with Gasteiger partial charge in [-0.1, -0.05) is 55.4 Å². The van der Waals surface area contributed by atoms with Crippen molar-refractivity contribution < 1.29 is 95.3 Å². The Morgan fingerprint density at radius 1 is 0.222 bits per heavy atom. The number of nitrogens with one attached hydrogen (secondary N) is 10. The first-order chi connectivity index (χ1) is 64.9. The van der Waals surface area contributed by atoms with Gasteiger partial charge in [0.2, 0.25) is 0 Å². The van der Waals surface area contributed by atoms with Gasteiger partial charge in [-0.15, -0.1) is 0 Å². The molecular formula is C97H154N18O20. The number of unbranched alkanes of at least 4 members (excludes halogenated alkanes) is 11. The van der Waals surface area contributed by atoms with Crippen molar-refractivity contribution in [1.29, 1.82) is 0 Å². The van der Waals surface area contributed by atoms with E-state index in [1.807, 2.05) is 93.4 Å². The summed E-state index contributed by atoms with van der Waals surface area (Å²) >= 11 is 0. The SMILES string of the molecule is CC(C)CCOc1cc(OCCC(C)C)c(C(=O)NNC(=O)c2cc(C(=O)NNC(=O)c3cc(C(=O)NNC(=O)c4cc(C(=O)NCCN(C)C)c(OCCCCCN)cc4OCCCCCN)c(OCCC(C)C)cc3OCCC(C)C)c(OCCCCCN)cc2OCCCCCN)cc1C(=O)NNC(=O)c1cc(C(=O)NCCN(C)C)c(OCCCCCN)cc1OCCCCN. The zero-order valence-corrected chi connectivity index (χ0v) is 81.6. The van der Waals surface area contributed by atoms with Crippen molar-refractivity contribution in [2.45, 2.75) is 190 Å². The maximum absolute atomic E-state index is 15.1. The molecule has 22 N–H and O–H groups in total. The third kappa shape index (κ3) is 42.1. The fourth-order valence-corrected chi connectivity index (χ4v) is 12.8. The summed E-state index contributed by atoms with van der Waals surface area (Å²) in [6.45, 7) is 21.2. The molecule has 0 heterocycles. The third-order valence-corrected chi connectivity index (χ3v) is 20.9. The molecule has 0 aliphatic heterocycles. The highest BCUT2D eigenvalue weighted by Gasteiger charge is 2.31. The number of hydrazine groups is 4. The van der Waals surface area contributed by atoms with Crippen LogP contribution >= 0.6 is 0 Å². The monoisotopic (exact) mass is 1890 g/mol. The summed E-state index contributed by atoms with van der Waals surface area (Å²) in [6.07, 6.45) is 13.0. The Balaban J connectivity index is 1.62. The van der Waals surface area contributed by atoms with Gasteiger partial charge in [0.1, 0.15) is 57.5 Å². The number of hydrogen-bond donors (Lipinski definition) is 16. The number of likely N-dealkylation sites (N-methyl/N-ethyl adjacent to an activating group) is 2. The molecule has 0 saturated heterocycles. The molecule has 0 bridgehead atoms. The van der Waals surface area contributed by atoms with E-state index in [1.165, 1.54) is 54.6 Å². The van der Waals surface area contributed by atoms with Crippen LogP contribution < -0.4 is 136 Å². The average molecular weight is 1890 g/mol. The van der Waals surface area contributed by atoms with Gasteiger partial charge in [-0.05, 0) is 256 Å². The molecule has 5 rings (SSSR count). The molecule has 0 radical (unpaired) electrons. The molecule has 752 valence electrons. The molecule has 0 fully saturated rings. The van der Waals surface area contributed by atoms with Crippen LogP contribution in [0.4, 0.5) is 0 Å². The van der Waals surface area contributed by atoms with Crippen LogP contribution in [-0.2, 0) is 0 Å². The summed E-state index contributed by atoms with van der Waals surface area (Å²) < 4.78 is 62.7. The molecule has 0 aromatic heterocycles. The Hall–Kier alpha value is -11.5. The largest absolute Gasteiger partial charge is 0.493 e. The van der Waals surface area contributed by atoms with E-state index in [0.29, 0.717) is 149 Å². The lowest BCUT2D eigenvalue weighted by atomic mass is 10.1. The van der Waals surface area contributed by atoms with E-state index in [1.54, 1.807) is 0 Å². The fourth-order valence-electron chi connectivity index (χ4n) is 12.8. The molecule has 0 unspecified atom stereocenters. The first-order valence-corrected chi connectivity index (χ1v) is 47.6. The van der Waals surface area contributed by atoms with Gasteiger partial charge in [0.25, 0.3) is 59.1 Å². The molecule has 5 aromatic rings. The van der Waals surface area contributed by atoms with Gasteiger partial charge in [0.15, 0.2) is 0 Å². The summed E-state index contributed by atoms with van der Waals surface area (Å²) in [7, 11) is 7.43. The lowest BCUT2D eigenvalue weighted by molar-refractivity contribution is 0.0833. The molecule has 38 heteroatoms. The number of hydrogen-bond acceptors (Lipinski definition) is 28. The van der Waals surface area contributed by atoms with Gasteiger partial charge < -0.3 is 102 Å². The van der Waals surface area contributed by atoms with Crippen molar-refractivity contribution in [1.82, 2.24) is 63.8 Å². The van der Waals surface area contributed by atoms with E-state index in [9.17, 15) is 28.8 Å². The van der Waals surface area contributed by atoms with Crippen molar-refractivity contribution in [2.24, 2.45) is 58.1 Å².